The normalized spacial score (nSPS) is 22.2. The van der Waals surface area contributed by atoms with Crippen LogP contribution in [0.25, 0.3) is 0 Å². The first-order chi connectivity index (χ1) is 7.92. The van der Waals surface area contributed by atoms with E-state index in [-0.39, 0.29) is 5.92 Å². The predicted molar refractivity (Wildman–Crippen MR) is 65.5 cm³/mol. The van der Waals surface area contributed by atoms with Crippen LogP contribution in [0.3, 0.4) is 0 Å². The highest BCUT2D eigenvalue weighted by atomic mass is 127. The summed E-state index contributed by atoms with van der Waals surface area (Å²) in [5.41, 5.74) is 0. The molecule has 1 aliphatic heterocycles. The van der Waals surface area contributed by atoms with E-state index in [9.17, 15) is 13.2 Å². The molecule has 17 heavy (non-hydrogen) atoms. The van der Waals surface area contributed by atoms with Crippen molar-refractivity contribution in [2.45, 2.75) is 19.1 Å². The van der Waals surface area contributed by atoms with Gasteiger partial charge in [0.2, 0.25) is 0 Å². The van der Waals surface area contributed by atoms with Crippen molar-refractivity contribution >= 4 is 22.6 Å². The van der Waals surface area contributed by atoms with Crippen LogP contribution in [0.5, 0.6) is 0 Å². The molecule has 1 unspecified atom stereocenters. The minimum Gasteiger partial charge on any atom is -0.295 e. The van der Waals surface area contributed by atoms with E-state index in [0.29, 0.717) is 19.6 Å². The Labute approximate surface area is 111 Å². The maximum Gasteiger partial charge on any atom is 0.401 e. The third-order valence-electron chi connectivity index (χ3n) is 2.82. The zero-order valence-electron chi connectivity index (χ0n) is 9.12. The zero-order valence-corrected chi connectivity index (χ0v) is 11.3. The lowest BCUT2D eigenvalue weighted by Gasteiger charge is -2.17. The molecule has 1 saturated heterocycles. The monoisotopic (exact) mass is 359 g/mol. The lowest BCUT2D eigenvalue weighted by Crippen LogP contribution is -2.32. The summed E-state index contributed by atoms with van der Waals surface area (Å²) in [7, 11) is 0. The zero-order chi connectivity index (χ0) is 12.5. The predicted octanol–water partition coefficient (Wildman–Crippen LogP) is 2.37. The fourth-order valence-corrected chi connectivity index (χ4v) is 2.61. The van der Waals surface area contributed by atoms with Gasteiger partial charge in [-0.15, -0.1) is 0 Å². The first-order valence-corrected chi connectivity index (χ1v) is 6.47. The van der Waals surface area contributed by atoms with Crippen molar-refractivity contribution in [2.75, 3.05) is 19.6 Å². The molecule has 1 aromatic rings. The van der Waals surface area contributed by atoms with Gasteiger partial charge in [-0.3, -0.25) is 9.58 Å². The molecular weight excluding hydrogens is 346 g/mol. The standard InChI is InChI=1S/C10H13F3IN3/c11-10(12,13)7-16-2-1-8(4-16)5-17-6-9(14)3-15-17/h3,6,8H,1-2,4-5,7H2. The number of alkyl halides is 3. The number of hydrogen-bond donors (Lipinski definition) is 0. The molecule has 3 nitrogen and oxygen atoms in total. The van der Waals surface area contributed by atoms with Crippen molar-refractivity contribution < 1.29 is 13.2 Å². The van der Waals surface area contributed by atoms with Gasteiger partial charge >= 0.3 is 6.18 Å². The summed E-state index contributed by atoms with van der Waals surface area (Å²) >= 11 is 2.17. The number of likely N-dealkylation sites (tertiary alicyclic amines) is 1. The molecule has 1 atom stereocenters. The van der Waals surface area contributed by atoms with E-state index >= 15 is 0 Å². The second-order valence-electron chi connectivity index (χ2n) is 4.39. The van der Waals surface area contributed by atoms with Crippen LogP contribution in [0.4, 0.5) is 13.2 Å². The van der Waals surface area contributed by atoms with E-state index < -0.39 is 12.7 Å². The molecule has 0 amide bonds. The summed E-state index contributed by atoms with van der Waals surface area (Å²) in [6.07, 6.45) is 0.387. The summed E-state index contributed by atoms with van der Waals surface area (Å²) in [6, 6.07) is 0. The Bertz CT molecular complexity index is 377. The fourth-order valence-electron chi connectivity index (χ4n) is 2.16. The average molecular weight is 359 g/mol. The van der Waals surface area contributed by atoms with Crippen LogP contribution in [-0.2, 0) is 6.54 Å². The molecule has 1 aromatic heterocycles. The van der Waals surface area contributed by atoms with Gasteiger partial charge < -0.3 is 0 Å². The molecule has 0 aromatic carbocycles. The Hall–Kier alpha value is -0.310. The summed E-state index contributed by atoms with van der Waals surface area (Å²) in [5, 5.41) is 4.15. The van der Waals surface area contributed by atoms with Crippen molar-refractivity contribution in [1.82, 2.24) is 14.7 Å². The molecule has 2 rings (SSSR count). The van der Waals surface area contributed by atoms with Gasteiger partial charge in [0.25, 0.3) is 0 Å². The van der Waals surface area contributed by atoms with Crippen LogP contribution in [0.2, 0.25) is 0 Å². The van der Waals surface area contributed by atoms with Gasteiger partial charge in [-0.1, -0.05) is 0 Å². The molecule has 0 bridgehead atoms. The average Bonchev–Trinajstić information content (AvgIpc) is 2.74. The second kappa shape index (κ2) is 5.13. The van der Waals surface area contributed by atoms with Crippen LogP contribution >= 0.6 is 22.6 Å². The summed E-state index contributed by atoms with van der Waals surface area (Å²) in [6.45, 7) is 0.954. The third kappa shape index (κ3) is 4.13. The molecule has 0 radical (unpaired) electrons. The van der Waals surface area contributed by atoms with Gasteiger partial charge in [0.1, 0.15) is 0 Å². The SMILES string of the molecule is FC(F)(F)CN1CCC(Cn2cc(I)cn2)C1. The molecule has 0 spiro atoms. The Balaban J connectivity index is 1.82. The maximum atomic E-state index is 12.2. The fraction of sp³-hybridized carbons (Fsp3) is 0.700. The smallest absolute Gasteiger partial charge is 0.295 e. The van der Waals surface area contributed by atoms with Crippen LogP contribution < -0.4 is 0 Å². The molecular formula is C10H13F3IN3. The number of nitrogens with zero attached hydrogens (tertiary/aromatic N) is 3. The topological polar surface area (TPSA) is 21.1 Å². The van der Waals surface area contributed by atoms with Gasteiger partial charge in [-0.25, -0.2) is 0 Å². The van der Waals surface area contributed by atoms with Crippen molar-refractivity contribution in [3.05, 3.63) is 16.0 Å². The van der Waals surface area contributed by atoms with Gasteiger partial charge in [-0.05, 0) is 41.5 Å². The van der Waals surface area contributed by atoms with Crippen molar-refractivity contribution in [2.24, 2.45) is 5.92 Å². The Morgan fingerprint density at radius 1 is 1.47 bits per heavy atom. The molecule has 0 saturated carbocycles. The molecule has 0 N–H and O–H groups in total. The van der Waals surface area contributed by atoms with E-state index in [1.807, 2.05) is 10.9 Å². The van der Waals surface area contributed by atoms with E-state index in [4.69, 9.17) is 0 Å². The van der Waals surface area contributed by atoms with Crippen LogP contribution in [0.15, 0.2) is 12.4 Å². The molecule has 2 heterocycles. The van der Waals surface area contributed by atoms with E-state index in [2.05, 4.69) is 27.7 Å². The van der Waals surface area contributed by atoms with E-state index in [0.717, 1.165) is 9.99 Å². The number of rotatable bonds is 3. The maximum absolute atomic E-state index is 12.2. The highest BCUT2D eigenvalue weighted by molar-refractivity contribution is 14.1. The number of halogens is 4. The Kier molecular flexibility index (Phi) is 3.96. The van der Waals surface area contributed by atoms with Gasteiger partial charge in [0, 0.05) is 19.3 Å². The van der Waals surface area contributed by atoms with Gasteiger partial charge in [-0.2, -0.15) is 18.3 Å². The highest BCUT2D eigenvalue weighted by Gasteiger charge is 2.34. The van der Waals surface area contributed by atoms with Gasteiger partial charge in [0.15, 0.2) is 0 Å². The number of hydrogen-bond acceptors (Lipinski definition) is 2. The quantitative estimate of drug-likeness (QED) is 0.773. The van der Waals surface area contributed by atoms with E-state index in [1.54, 1.807) is 6.20 Å². The first kappa shape index (κ1) is 13.1. The summed E-state index contributed by atoms with van der Waals surface area (Å²) < 4.78 is 39.5. The lowest BCUT2D eigenvalue weighted by molar-refractivity contribution is -0.143. The highest BCUT2D eigenvalue weighted by Crippen LogP contribution is 2.23. The Morgan fingerprint density at radius 3 is 2.82 bits per heavy atom. The molecule has 0 aliphatic carbocycles. The third-order valence-corrected chi connectivity index (χ3v) is 3.38. The Morgan fingerprint density at radius 2 is 2.24 bits per heavy atom. The summed E-state index contributed by atoms with van der Waals surface area (Å²) in [4.78, 5) is 1.47. The van der Waals surface area contributed by atoms with Crippen molar-refractivity contribution in [3.63, 3.8) is 0 Å². The van der Waals surface area contributed by atoms with Crippen LogP contribution in [-0.4, -0.2) is 40.5 Å². The molecule has 7 heteroatoms. The molecule has 1 aliphatic rings. The lowest BCUT2D eigenvalue weighted by atomic mass is 10.1. The second-order valence-corrected chi connectivity index (χ2v) is 5.63. The van der Waals surface area contributed by atoms with Crippen molar-refractivity contribution in [3.8, 4) is 0 Å². The first-order valence-electron chi connectivity index (χ1n) is 5.39. The number of aromatic nitrogens is 2. The van der Waals surface area contributed by atoms with Crippen LogP contribution in [0, 0.1) is 9.49 Å². The minimum absolute atomic E-state index is 0.271. The van der Waals surface area contributed by atoms with Gasteiger partial charge in [0.05, 0.1) is 16.3 Å². The molecule has 1 fully saturated rings. The van der Waals surface area contributed by atoms with Crippen molar-refractivity contribution in [1.29, 1.82) is 0 Å². The summed E-state index contributed by atoms with van der Waals surface area (Å²) in [5.74, 6) is 0.271. The minimum atomic E-state index is -4.09. The molecule has 96 valence electrons. The largest absolute Gasteiger partial charge is 0.401 e. The van der Waals surface area contributed by atoms with E-state index in [1.165, 1.54) is 4.90 Å². The van der Waals surface area contributed by atoms with Crippen LogP contribution in [0.1, 0.15) is 6.42 Å².